The molecule has 2 heterocycles. The SMILES string of the molecule is Cc1cc(C)cc(-c2ccc3c(C)cn(P(Cl)n4cc(C)c5ccc(-c6cc(C)cc(C)c6)cc54)c3c2)c1. The Kier molecular flexibility index (Phi) is 6.22. The van der Waals surface area contributed by atoms with Gasteiger partial charge >= 0.3 is 0 Å². The monoisotopic (exact) mass is 534 g/mol. The summed E-state index contributed by atoms with van der Waals surface area (Å²) in [5, 5.41) is 2.49. The topological polar surface area (TPSA) is 9.86 Å². The Balaban J connectivity index is 1.49. The quantitative estimate of drug-likeness (QED) is 0.199. The Bertz CT molecular complexity index is 1680. The molecule has 0 N–H and O–H groups in total. The summed E-state index contributed by atoms with van der Waals surface area (Å²) >= 11 is 7.40. The van der Waals surface area contributed by atoms with Crippen LogP contribution in [0.1, 0.15) is 33.4 Å². The number of benzene rings is 4. The molecule has 0 saturated heterocycles. The lowest BCUT2D eigenvalue weighted by Crippen LogP contribution is -1.95. The highest BCUT2D eigenvalue weighted by Gasteiger charge is 2.19. The average molecular weight is 535 g/mol. The van der Waals surface area contributed by atoms with Gasteiger partial charge in [-0.25, -0.2) is 0 Å². The van der Waals surface area contributed by atoms with Crippen molar-refractivity contribution in [3.63, 3.8) is 0 Å². The van der Waals surface area contributed by atoms with Gasteiger partial charge in [0.15, 0.2) is 0 Å². The van der Waals surface area contributed by atoms with Gasteiger partial charge in [0.2, 0.25) is 7.58 Å². The van der Waals surface area contributed by atoms with E-state index < -0.39 is 7.58 Å². The third kappa shape index (κ3) is 4.37. The first-order chi connectivity index (χ1) is 18.2. The van der Waals surface area contributed by atoms with E-state index in [1.807, 2.05) is 0 Å². The number of nitrogens with zero attached hydrogens (tertiary/aromatic N) is 2. The van der Waals surface area contributed by atoms with Crippen molar-refractivity contribution in [2.24, 2.45) is 0 Å². The first-order valence-electron chi connectivity index (χ1n) is 13.1. The van der Waals surface area contributed by atoms with Crippen LogP contribution in [0.4, 0.5) is 0 Å². The van der Waals surface area contributed by atoms with Crippen molar-refractivity contribution in [2.75, 3.05) is 0 Å². The Morgan fingerprint density at radius 3 is 1.21 bits per heavy atom. The zero-order valence-electron chi connectivity index (χ0n) is 22.8. The minimum Gasteiger partial charge on any atom is -0.296 e. The molecule has 6 aromatic rings. The third-order valence-electron chi connectivity index (χ3n) is 7.44. The van der Waals surface area contributed by atoms with Crippen LogP contribution in [-0.4, -0.2) is 8.68 Å². The second-order valence-corrected chi connectivity index (χ2v) is 13.0. The molecule has 0 radical (unpaired) electrons. The van der Waals surface area contributed by atoms with E-state index >= 15 is 0 Å². The fourth-order valence-corrected chi connectivity index (χ4v) is 7.95. The lowest BCUT2D eigenvalue weighted by Gasteiger charge is -2.16. The number of hydrogen-bond acceptors (Lipinski definition) is 0. The average Bonchev–Trinajstić information content (AvgIpc) is 3.38. The van der Waals surface area contributed by atoms with E-state index in [9.17, 15) is 0 Å². The number of hydrogen-bond donors (Lipinski definition) is 0. The largest absolute Gasteiger partial charge is 0.296 e. The summed E-state index contributed by atoms with van der Waals surface area (Å²) in [5.74, 6) is 0. The van der Waals surface area contributed by atoms with Gasteiger partial charge in [0.05, 0.1) is 11.0 Å². The lowest BCUT2D eigenvalue weighted by atomic mass is 9.99. The van der Waals surface area contributed by atoms with Gasteiger partial charge in [-0.2, -0.15) is 0 Å². The van der Waals surface area contributed by atoms with Crippen molar-refractivity contribution in [2.45, 2.75) is 41.5 Å². The summed E-state index contributed by atoms with van der Waals surface area (Å²) in [6.45, 7) is 13.0. The standard InChI is InChI=1S/C34H32ClN2P/c1-21-11-22(2)14-29(13-21)27-7-9-31-25(5)19-36(33(31)17-27)38(35)37-20-26(6)32-10-8-28(18-34(32)37)30-15-23(3)12-24(4)16-30/h7-20H,1-6H3. The second-order valence-electron chi connectivity index (χ2n) is 10.8. The Morgan fingerprint density at radius 2 is 0.842 bits per heavy atom. The Morgan fingerprint density at radius 1 is 0.474 bits per heavy atom. The fourth-order valence-electron chi connectivity index (χ4n) is 5.77. The molecule has 38 heavy (non-hydrogen) atoms. The number of aryl methyl sites for hydroxylation is 6. The molecule has 0 aliphatic heterocycles. The van der Waals surface area contributed by atoms with Crippen LogP contribution in [-0.2, 0) is 0 Å². The third-order valence-corrected chi connectivity index (χ3v) is 9.79. The molecule has 4 heteroatoms. The molecule has 0 aliphatic carbocycles. The van der Waals surface area contributed by atoms with E-state index in [0.717, 1.165) is 0 Å². The van der Waals surface area contributed by atoms with Gasteiger partial charge in [0.25, 0.3) is 0 Å². The molecule has 0 fully saturated rings. The molecule has 0 spiro atoms. The summed E-state index contributed by atoms with van der Waals surface area (Å²) in [4.78, 5) is 0. The van der Waals surface area contributed by atoms with Crippen LogP contribution in [0.3, 0.4) is 0 Å². The predicted octanol–water partition coefficient (Wildman–Crippen LogP) is 10.6. The zero-order chi connectivity index (χ0) is 26.7. The molecule has 0 amide bonds. The summed E-state index contributed by atoms with van der Waals surface area (Å²) in [7, 11) is -1.21. The van der Waals surface area contributed by atoms with Crippen LogP contribution in [0.25, 0.3) is 44.1 Å². The van der Waals surface area contributed by atoms with E-state index in [4.69, 9.17) is 11.2 Å². The van der Waals surface area contributed by atoms with Crippen molar-refractivity contribution >= 4 is 40.6 Å². The summed E-state index contributed by atoms with van der Waals surface area (Å²) in [5.41, 5.74) is 14.9. The van der Waals surface area contributed by atoms with Crippen LogP contribution >= 0.6 is 18.8 Å². The van der Waals surface area contributed by atoms with Gasteiger partial charge in [0, 0.05) is 23.2 Å². The van der Waals surface area contributed by atoms with E-state index in [2.05, 4.69) is 135 Å². The van der Waals surface area contributed by atoms with Crippen molar-refractivity contribution in [1.29, 1.82) is 0 Å². The van der Waals surface area contributed by atoms with Gasteiger partial charge in [-0.1, -0.05) is 82.9 Å². The molecule has 6 rings (SSSR count). The second kappa shape index (κ2) is 9.45. The van der Waals surface area contributed by atoms with E-state index in [1.165, 1.54) is 77.4 Å². The summed E-state index contributed by atoms with van der Waals surface area (Å²) < 4.78 is 4.55. The molecule has 0 atom stereocenters. The first kappa shape index (κ1) is 25.0. The molecule has 0 bridgehead atoms. The van der Waals surface area contributed by atoms with Gasteiger partial charge in [-0.3, -0.25) is 8.68 Å². The molecule has 0 saturated carbocycles. The van der Waals surface area contributed by atoms with Gasteiger partial charge in [0.1, 0.15) is 0 Å². The lowest BCUT2D eigenvalue weighted by molar-refractivity contribution is 1.21. The highest BCUT2D eigenvalue weighted by molar-refractivity contribution is 7.81. The van der Waals surface area contributed by atoms with Crippen LogP contribution < -0.4 is 0 Å². The Hall–Kier alpha value is -3.32. The van der Waals surface area contributed by atoms with Crippen LogP contribution in [0.2, 0.25) is 0 Å². The fraction of sp³-hybridized carbons (Fsp3) is 0.176. The smallest absolute Gasteiger partial charge is 0.206 e. The van der Waals surface area contributed by atoms with Gasteiger partial charge in [-0.05, 0) is 98.3 Å². The van der Waals surface area contributed by atoms with Crippen LogP contribution in [0.5, 0.6) is 0 Å². The maximum absolute atomic E-state index is 7.40. The number of halogens is 1. The minimum absolute atomic E-state index is 1.17. The number of fused-ring (bicyclic) bond motifs is 2. The van der Waals surface area contributed by atoms with E-state index in [1.54, 1.807) is 0 Å². The molecular formula is C34H32ClN2P. The van der Waals surface area contributed by atoms with Crippen molar-refractivity contribution in [3.8, 4) is 22.3 Å². The number of aromatic nitrogens is 2. The van der Waals surface area contributed by atoms with Crippen molar-refractivity contribution in [3.05, 3.63) is 119 Å². The van der Waals surface area contributed by atoms with Gasteiger partial charge < -0.3 is 0 Å². The van der Waals surface area contributed by atoms with Crippen LogP contribution in [0, 0.1) is 41.5 Å². The molecule has 2 nitrogen and oxygen atoms in total. The number of rotatable bonds is 4. The zero-order valence-corrected chi connectivity index (χ0v) is 24.5. The first-order valence-corrected chi connectivity index (χ1v) is 15.2. The van der Waals surface area contributed by atoms with E-state index in [0.29, 0.717) is 0 Å². The maximum Gasteiger partial charge on any atom is 0.206 e. The Labute approximate surface area is 231 Å². The van der Waals surface area contributed by atoms with Crippen LogP contribution in [0.15, 0.2) is 85.2 Å². The summed E-state index contributed by atoms with van der Waals surface area (Å²) in [6, 6.07) is 27.0. The molecule has 0 unspecified atom stereocenters. The van der Waals surface area contributed by atoms with Crippen molar-refractivity contribution in [1.82, 2.24) is 8.68 Å². The predicted molar refractivity (Wildman–Crippen MR) is 167 cm³/mol. The normalized spacial score (nSPS) is 11.8. The minimum atomic E-state index is -1.21. The maximum atomic E-state index is 7.40. The summed E-state index contributed by atoms with van der Waals surface area (Å²) in [6.07, 6.45) is 4.42. The highest BCUT2D eigenvalue weighted by Crippen LogP contribution is 2.51. The van der Waals surface area contributed by atoms with Gasteiger partial charge in [-0.15, -0.1) is 0 Å². The molecule has 2 aromatic heterocycles. The molecule has 190 valence electrons. The molecule has 4 aromatic carbocycles. The van der Waals surface area contributed by atoms with E-state index in [-0.39, 0.29) is 0 Å². The highest BCUT2D eigenvalue weighted by atomic mass is 35.7. The molecular weight excluding hydrogens is 503 g/mol. The van der Waals surface area contributed by atoms with Crippen molar-refractivity contribution < 1.29 is 0 Å². The molecule has 0 aliphatic rings.